The van der Waals surface area contributed by atoms with Crippen molar-refractivity contribution in [1.29, 1.82) is 0 Å². The smallest absolute Gasteiger partial charge is 0.191 e. The van der Waals surface area contributed by atoms with E-state index in [1.165, 1.54) is 12.5 Å². The van der Waals surface area contributed by atoms with Crippen molar-refractivity contribution in [2.45, 2.75) is 31.8 Å². The topological polar surface area (TPSA) is 97.4 Å². The average Bonchev–Trinajstić information content (AvgIpc) is 3.15. The fourth-order valence-electron chi connectivity index (χ4n) is 4.01. The zero-order valence-corrected chi connectivity index (χ0v) is 15.6. The van der Waals surface area contributed by atoms with E-state index in [0.717, 1.165) is 36.3 Å². The molecule has 0 aliphatic heterocycles. The predicted octanol–water partition coefficient (Wildman–Crippen LogP) is 3.31. The molecule has 1 aromatic heterocycles. The largest absolute Gasteiger partial charge is 0.504 e. The van der Waals surface area contributed by atoms with Crippen molar-refractivity contribution in [2.75, 3.05) is 11.9 Å². The van der Waals surface area contributed by atoms with Crippen LogP contribution in [-0.2, 0) is 6.54 Å². The van der Waals surface area contributed by atoms with Crippen molar-refractivity contribution < 1.29 is 10.2 Å². The molecule has 6 heteroatoms. The van der Waals surface area contributed by atoms with Gasteiger partial charge in [-0.25, -0.2) is 0 Å². The normalized spacial score (nSPS) is 19.1. The Bertz CT molecular complexity index is 1030. The molecule has 3 aromatic rings. The minimum Gasteiger partial charge on any atom is -0.504 e. The van der Waals surface area contributed by atoms with E-state index in [-0.39, 0.29) is 16.9 Å². The summed E-state index contributed by atoms with van der Waals surface area (Å²) in [6.45, 7) is 1.43. The summed E-state index contributed by atoms with van der Waals surface area (Å²) in [7, 11) is 0. The molecule has 1 heterocycles. The Kier molecular flexibility index (Phi) is 5.21. The average molecular weight is 379 g/mol. The molecule has 28 heavy (non-hydrogen) atoms. The summed E-state index contributed by atoms with van der Waals surface area (Å²) >= 11 is 0. The zero-order valence-electron chi connectivity index (χ0n) is 15.6. The molecule has 0 bridgehead atoms. The van der Waals surface area contributed by atoms with E-state index in [0.29, 0.717) is 23.9 Å². The second kappa shape index (κ2) is 7.94. The van der Waals surface area contributed by atoms with Crippen molar-refractivity contribution in [3.8, 4) is 11.5 Å². The first-order valence-electron chi connectivity index (χ1n) is 9.70. The van der Waals surface area contributed by atoms with Gasteiger partial charge < -0.3 is 25.8 Å². The molecule has 1 aliphatic carbocycles. The Hall–Kier alpha value is -2.99. The predicted molar refractivity (Wildman–Crippen MR) is 111 cm³/mol. The lowest BCUT2D eigenvalue weighted by molar-refractivity contribution is 0.399. The molecule has 0 saturated heterocycles. The number of hydrogen-bond acceptors (Lipinski definition) is 5. The fourth-order valence-corrected chi connectivity index (χ4v) is 4.01. The quantitative estimate of drug-likeness (QED) is 0.423. The molecule has 2 atom stereocenters. The standard InChI is InChI=1S/C22H25N3O3/c26-19-9-8-14(10-21(19)28)12-23-17-7-3-4-15(17)13-24-22-11-20(27)16-5-1-2-6-18(16)25-22/h1-2,5-6,8-11,15,17,23,26,28H,3-4,7,12-13H2,(H2,24,25,27). The second-order valence-corrected chi connectivity index (χ2v) is 7.48. The summed E-state index contributed by atoms with van der Waals surface area (Å²) in [6.07, 6.45) is 3.40. The number of aromatic amines is 1. The maximum absolute atomic E-state index is 12.3. The summed E-state index contributed by atoms with van der Waals surface area (Å²) in [5.41, 5.74) is 1.79. The number of hydrogen-bond donors (Lipinski definition) is 5. The summed E-state index contributed by atoms with van der Waals surface area (Å²) in [5.74, 6) is 1.01. The second-order valence-electron chi connectivity index (χ2n) is 7.48. The highest BCUT2D eigenvalue weighted by molar-refractivity contribution is 5.79. The highest BCUT2D eigenvalue weighted by Gasteiger charge is 2.26. The third-order valence-corrected chi connectivity index (χ3v) is 5.56. The molecule has 0 radical (unpaired) electrons. The van der Waals surface area contributed by atoms with Gasteiger partial charge in [-0.2, -0.15) is 0 Å². The van der Waals surface area contributed by atoms with Crippen LogP contribution in [0.25, 0.3) is 10.9 Å². The molecule has 1 aliphatic rings. The van der Waals surface area contributed by atoms with E-state index in [4.69, 9.17) is 0 Å². The molecule has 2 unspecified atom stereocenters. The van der Waals surface area contributed by atoms with Crippen molar-refractivity contribution in [3.05, 3.63) is 64.3 Å². The van der Waals surface area contributed by atoms with Gasteiger partial charge >= 0.3 is 0 Å². The molecule has 146 valence electrons. The van der Waals surface area contributed by atoms with Crippen molar-refractivity contribution in [2.24, 2.45) is 5.92 Å². The molecular weight excluding hydrogens is 354 g/mol. The summed E-state index contributed by atoms with van der Waals surface area (Å²) in [4.78, 5) is 15.6. The van der Waals surface area contributed by atoms with Crippen LogP contribution in [-0.4, -0.2) is 27.8 Å². The van der Waals surface area contributed by atoms with Crippen LogP contribution in [0.4, 0.5) is 5.82 Å². The van der Waals surface area contributed by atoms with E-state index in [1.807, 2.05) is 30.3 Å². The minimum atomic E-state index is -0.101. The number of H-pyrrole nitrogens is 1. The van der Waals surface area contributed by atoms with Gasteiger partial charge in [0.2, 0.25) is 0 Å². The number of fused-ring (bicyclic) bond motifs is 1. The van der Waals surface area contributed by atoms with Crippen LogP contribution in [0.1, 0.15) is 24.8 Å². The number of phenols is 2. The van der Waals surface area contributed by atoms with Crippen LogP contribution in [0.2, 0.25) is 0 Å². The van der Waals surface area contributed by atoms with Crippen LogP contribution >= 0.6 is 0 Å². The SMILES string of the molecule is O=c1cc(NCC2CCCC2NCc2ccc(O)c(O)c2)[nH]c2ccccc12. The first kappa shape index (κ1) is 18.4. The number of aromatic nitrogens is 1. The van der Waals surface area contributed by atoms with Crippen LogP contribution in [0.15, 0.2) is 53.3 Å². The van der Waals surface area contributed by atoms with Crippen LogP contribution in [0, 0.1) is 5.92 Å². The summed E-state index contributed by atoms with van der Waals surface area (Å²) < 4.78 is 0. The lowest BCUT2D eigenvalue weighted by Crippen LogP contribution is -2.35. The van der Waals surface area contributed by atoms with Crippen molar-refractivity contribution in [1.82, 2.24) is 10.3 Å². The van der Waals surface area contributed by atoms with E-state index >= 15 is 0 Å². The van der Waals surface area contributed by atoms with Gasteiger partial charge in [0.1, 0.15) is 5.82 Å². The number of para-hydroxylation sites is 1. The van der Waals surface area contributed by atoms with Gasteiger partial charge in [0, 0.05) is 30.6 Å². The molecule has 6 nitrogen and oxygen atoms in total. The third-order valence-electron chi connectivity index (χ3n) is 5.56. The molecule has 5 N–H and O–H groups in total. The maximum atomic E-state index is 12.3. The van der Waals surface area contributed by atoms with E-state index in [1.54, 1.807) is 12.1 Å². The van der Waals surface area contributed by atoms with Gasteiger partial charge in [-0.15, -0.1) is 0 Å². The number of aromatic hydroxyl groups is 2. The first-order valence-corrected chi connectivity index (χ1v) is 9.70. The maximum Gasteiger partial charge on any atom is 0.191 e. The number of anilines is 1. The molecule has 4 rings (SSSR count). The number of rotatable bonds is 6. The van der Waals surface area contributed by atoms with Crippen LogP contribution in [0.3, 0.4) is 0 Å². The Morgan fingerprint density at radius 3 is 2.75 bits per heavy atom. The summed E-state index contributed by atoms with van der Waals surface area (Å²) in [5, 5.41) is 26.7. The molecule has 0 amide bonds. The molecule has 1 fully saturated rings. The molecular formula is C22H25N3O3. The van der Waals surface area contributed by atoms with Gasteiger partial charge in [0.05, 0.1) is 5.52 Å². The monoisotopic (exact) mass is 379 g/mol. The van der Waals surface area contributed by atoms with Gasteiger partial charge in [-0.05, 0) is 48.6 Å². The minimum absolute atomic E-state index is 0.0186. The lowest BCUT2D eigenvalue weighted by Gasteiger charge is -2.22. The Morgan fingerprint density at radius 2 is 1.89 bits per heavy atom. The highest BCUT2D eigenvalue weighted by Crippen LogP contribution is 2.28. The van der Waals surface area contributed by atoms with Gasteiger partial charge in [-0.1, -0.05) is 24.6 Å². The number of pyridine rings is 1. The third kappa shape index (κ3) is 3.97. The Balaban J connectivity index is 1.37. The van der Waals surface area contributed by atoms with E-state index in [2.05, 4.69) is 15.6 Å². The Labute approximate surface area is 163 Å². The van der Waals surface area contributed by atoms with Gasteiger partial charge in [0.25, 0.3) is 0 Å². The molecule has 2 aromatic carbocycles. The number of nitrogens with one attached hydrogen (secondary N) is 3. The fraction of sp³-hybridized carbons (Fsp3) is 0.318. The molecule has 0 spiro atoms. The van der Waals surface area contributed by atoms with Crippen molar-refractivity contribution in [3.63, 3.8) is 0 Å². The van der Waals surface area contributed by atoms with Crippen LogP contribution < -0.4 is 16.1 Å². The number of phenolic OH excluding ortho intramolecular Hbond substituents is 2. The van der Waals surface area contributed by atoms with Crippen molar-refractivity contribution >= 4 is 16.7 Å². The van der Waals surface area contributed by atoms with E-state index < -0.39 is 0 Å². The Morgan fingerprint density at radius 1 is 1.04 bits per heavy atom. The number of benzene rings is 2. The van der Waals surface area contributed by atoms with E-state index in [9.17, 15) is 15.0 Å². The first-order chi connectivity index (χ1) is 13.6. The van der Waals surface area contributed by atoms with Crippen LogP contribution in [0.5, 0.6) is 11.5 Å². The van der Waals surface area contributed by atoms with Gasteiger partial charge in [0.15, 0.2) is 16.9 Å². The lowest BCUT2D eigenvalue weighted by atomic mass is 10.0. The summed E-state index contributed by atoms with van der Waals surface area (Å²) in [6, 6.07) is 14.4. The van der Waals surface area contributed by atoms with Gasteiger partial charge in [-0.3, -0.25) is 4.79 Å². The molecule has 1 saturated carbocycles. The highest BCUT2D eigenvalue weighted by atomic mass is 16.3. The zero-order chi connectivity index (χ0) is 19.5.